The van der Waals surface area contributed by atoms with Gasteiger partial charge in [-0.3, -0.25) is 4.90 Å². The van der Waals surface area contributed by atoms with Crippen LogP contribution in [0.4, 0.5) is 0 Å². The molecule has 102 valence electrons. The van der Waals surface area contributed by atoms with Crippen LogP contribution < -0.4 is 5.32 Å². The molecule has 18 heavy (non-hydrogen) atoms. The number of likely N-dealkylation sites (tertiary alicyclic amines) is 1. The summed E-state index contributed by atoms with van der Waals surface area (Å²) in [5.74, 6) is 0. The second kappa shape index (κ2) is 6.13. The van der Waals surface area contributed by atoms with Crippen molar-refractivity contribution in [3.05, 3.63) is 15.6 Å². The van der Waals surface area contributed by atoms with Gasteiger partial charge in [0.1, 0.15) is 0 Å². The number of thiazole rings is 1. The summed E-state index contributed by atoms with van der Waals surface area (Å²) >= 11 is 1.80. The van der Waals surface area contributed by atoms with Crippen molar-refractivity contribution in [1.29, 1.82) is 0 Å². The summed E-state index contributed by atoms with van der Waals surface area (Å²) in [5, 5.41) is 4.80. The zero-order valence-electron chi connectivity index (χ0n) is 12.0. The van der Waals surface area contributed by atoms with E-state index in [-0.39, 0.29) is 0 Å². The van der Waals surface area contributed by atoms with Gasteiger partial charge < -0.3 is 5.32 Å². The maximum absolute atomic E-state index is 4.63. The minimum atomic E-state index is 0.361. The molecule has 0 amide bonds. The Bertz CT molecular complexity index is 382. The maximum Gasteiger partial charge on any atom is 0.0900 e. The highest BCUT2D eigenvalue weighted by Crippen LogP contribution is 2.22. The molecule has 2 atom stereocenters. The van der Waals surface area contributed by atoms with Crippen LogP contribution in [0.5, 0.6) is 0 Å². The lowest BCUT2D eigenvalue weighted by molar-refractivity contribution is 0.247. The lowest BCUT2D eigenvalue weighted by atomic mass is 10.2. The molecular weight excluding hydrogens is 242 g/mol. The van der Waals surface area contributed by atoms with Crippen LogP contribution in [0.25, 0.3) is 0 Å². The Morgan fingerprint density at radius 2 is 1.94 bits per heavy atom. The SMILES string of the molecule is Cc1nc(C(C)NCC(C)N2CCCC2)c(C)s1. The van der Waals surface area contributed by atoms with Crippen LogP contribution in [0.15, 0.2) is 0 Å². The van der Waals surface area contributed by atoms with E-state index in [9.17, 15) is 0 Å². The van der Waals surface area contributed by atoms with Crippen molar-refractivity contribution in [3.8, 4) is 0 Å². The van der Waals surface area contributed by atoms with Crippen molar-refractivity contribution in [1.82, 2.24) is 15.2 Å². The van der Waals surface area contributed by atoms with Crippen LogP contribution >= 0.6 is 11.3 Å². The molecule has 0 aliphatic carbocycles. The fourth-order valence-corrected chi connectivity index (χ4v) is 3.62. The smallest absolute Gasteiger partial charge is 0.0900 e. The average molecular weight is 267 g/mol. The van der Waals surface area contributed by atoms with Crippen LogP contribution in [-0.4, -0.2) is 35.6 Å². The van der Waals surface area contributed by atoms with E-state index in [0.29, 0.717) is 12.1 Å². The van der Waals surface area contributed by atoms with Crippen LogP contribution in [0.2, 0.25) is 0 Å². The lowest BCUT2D eigenvalue weighted by Gasteiger charge is -2.25. The molecule has 1 saturated heterocycles. The van der Waals surface area contributed by atoms with E-state index in [2.05, 4.69) is 42.9 Å². The quantitative estimate of drug-likeness (QED) is 0.889. The first-order valence-corrected chi connectivity index (χ1v) is 7.81. The van der Waals surface area contributed by atoms with Gasteiger partial charge in [0.15, 0.2) is 0 Å². The van der Waals surface area contributed by atoms with Crippen molar-refractivity contribution in [2.24, 2.45) is 0 Å². The first-order chi connectivity index (χ1) is 8.58. The van der Waals surface area contributed by atoms with Gasteiger partial charge in [-0.2, -0.15) is 0 Å². The summed E-state index contributed by atoms with van der Waals surface area (Å²) in [6, 6.07) is 0.995. The van der Waals surface area contributed by atoms with Crippen molar-refractivity contribution in [2.45, 2.75) is 52.6 Å². The molecule has 3 nitrogen and oxygen atoms in total. The molecule has 1 aromatic rings. The molecule has 0 radical (unpaired) electrons. The molecule has 2 unspecified atom stereocenters. The lowest BCUT2D eigenvalue weighted by Crippen LogP contribution is -2.39. The summed E-state index contributed by atoms with van der Waals surface area (Å²) in [6.45, 7) is 12.4. The van der Waals surface area contributed by atoms with E-state index in [0.717, 1.165) is 6.54 Å². The topological polar surface area (TPSA) is 28.2 Å². The number of nitrogens with one attached hydrogen (secondary N) is 1. The van der Waals surface area contributed by atoms with Crippen molar-refractivity contribution in [3.63, 3.8) is 0 Å². The van der Waals surface area contributed by atoms with Gasteiger partial charge in [-0.15, -0.1) is 11.3 Å². The minimum absolute atomic E-state index is 0.361. The van der Waals surface area contributed by atoms with Gasteiger partial charge in [0, 0.05) is 23.5 Å². The third-order valence-electron chi connectivity index (χ3n) is 3.83. The van der Waals surface area contributed by atoms with Gasteiger partial charge in [0.25, 0.3) is 0 Å². The second-order valence-electron chi connectivity index (χ2n) is 5.40. The fourth-order valence-electron chi connectivity index (χ4n) is 2.70. The normalized spacial score (nSPS) is 20.2. The molecule has 1 aliphatic heterocycles. The number of rotatable bonds is 5. The molecule has 1 fully saturated rings. The van der Waals surface area contributed by atoms with Gasteiger partial charge in [-0.05, 0) is 53.6 Å². The minimum Gasteiger partial charge on any atom is -0.307 e. The van der Waals surface area contributed by atoms with Crippen molar-refractivity contribution >= 4 is 11.3 Å². The predicted molar refractivity (Wildman–Crippen MR) is 78.3 cm³/mol. The summed E-state index contributed by atoms with van der Waals surface area (Å²) in [4.78, 5) is 8.56. The number of aromatic nitrogens is 1. The molecular formula is C14H25N3S. The number of hydrogen-bond acceptors (Lipinski definition) is 4. The first-order valence-electron chi connectivity index (χ1n) is 6.99. The van der Waals surface area contributed by atoms with E-state index in [1.807, 2.05) is 0 Å². The predicted octanol–water partition coefficient (Wildman–Crippen LogP) is 2.89. The van der Waals surface area contributed by atoms with E-state index in [4.69, 9.17) is 0 Å². The molecule has 0 aromatic carbocycles. The van der Waals surface area contributed by atoms with E-state index in [1.54, 1.807) is 11.3 Å². The van der Waals surface area contributed by atoms with Gasteiger partial charge >= 0.3 is 0 Å². The van der Waals surface area contributed by atoms with Gasteiger partial charge in [0.05, 0.1) is 10.7 Å². The summed E-state index contributed by atoms with van der Waals surface area (Å²) in [7, 11) is 0. The van der Waals surface area contributed by atoms with Gasteiger partial charge in [-0.1, -0.05) is 0 Å². The first kappa shape index (κ1) is 14.0. The van der Waals surface area contributed by atoms with Gasteiger partial charge in [-0.25, -0.2) is 4.98 Å². The van der Waals surface area contributed by atoms with Crippen LogP contribution in [0, 0.1) is 13.8 Å². The third kappa shape index (κ3) is 3.31. The molecule has 1 N–H and O–H groups in total. The zero-order valence-corrected chi connectivity index (χ0v) is 12.8. The second-order valence-corrected chi connectivity index (χ2v) is 6.80. The van der Waals surface area contributed by atoms with E-state index in [1.165, 1.54) is 41.5 Å². The van der Waals surface area contributed by atoms with Crippen LogP contribution in [0.3, 0.4) is 0 Å². The maximum atomic E-state index is 4.63. The Morgan fingerprint density at radius 3 is 2.50 bits per heavy atom. The van der Waals surface area contributed by atoms with Gasteiger partial charge in [0.2, 0.25) is 0 Å². The third-order valence-corrected chi connectivity index (χ3v) is 4.74. The highest BCUT2D eigenvalue weighted by molar-refractivity contribution is 7.11. The summed E-state index contributed by atoms with van der Waals surface area (Å²) in [5.41, 5.74) is 1.23. The standard InChI is InChI=1S/C14H25N3S/c1-10(17-7-5-6-8-17)9-15-11(2)14-12(3)18-13(4)16-14/h10-11,15H,5-9H2,1-4H3. The Kier molecular flexibility index (Phi) is 4.76. The average Bonchev–Trinajstić information content (AvgIpc) is 2.95. The fraction of sp³-hybridized carbons (Fsp3) is 0.786. The molecule has 0 bridgehead atoms. The molecule has 2 heterocycles. The van der Waals surface area contributed by atoms with Crippen LogP contribution in [-0.2, 0) is 0 Å². The van der Waals surface area contributed by atoms with Crippen molar-refractivity contribution in [2.75, 3.05) is 19.6 Å². The summed E-state index contributed by atoms with van der Waals surface area (Å²) in [6.07, 6.45) is 2.73. The number of hydrogen-bond donors (Lipinski definition) is 1. The Morgan fingerprint density at radius 1 is 1.28 bits per heavy atom. The Hall–Kier alpha value is -0.450. The number of aryl methyl sites for hydroxylation is 2. The monoisotopic (exact) mass is 267 g/mol. The number of nitrogens with zero attached hydrogens (tertiary/aromatic N) is 2. The molecule has 2 rings (SSSR count). The van der Waals surface area contributed by atoms with E-state index < -0.39 is 0 Å². The molecule has 1 aliphatic rings. The molecule has 0 saturated carbocycles. The summed E-state index contributed by atoms with van der Waals surface area (Å²) < 4.78 is 0. The van der Waals surface area contributed by atoms with Crippen molar-refractivity contribution < 1.29 is 0 Å². The van der Waals surface area contributed by atoms with E-state index >= 15 is 0 Å². The van der Waals surface area contributed by atoms with Crippen LogP contribution in [0.1, 0.15) is 48.3 Å². The zero-order chi connectivity index (χ0) is 13.1. The molecule has 4 heteroatoms. The molecule has 0 spiro atoms. The molecule has 1 aromatic heterocycles. The highest BCUT2D eigenvalue weighted by atomic mass is 32.1. The highest BCUT2D eigenvalue weighted by Gasteiger charge is 2.19. The Labute approximate surface area is 115 Å². The largest absolute Gasteiger partial charge is 0.307 e. The Balaban J connectivity index is 1.84.